The van der Waals surface area contributed by atoms with Crippen LogP contribution in [0.2, 0.25) is 0 Å². The Balaban J connectivity index is 1.57. The molecule has 4 fully saturated rings. The van der Waals surface area contributed by atoms with Gasteiger partial charge in [-0.05, 0) is 74.5 Å². The number of nitrogens with one attached hydrogen (secondary N) is 2. The second kappa shape index (κ2) is 6.04. The van der Waals surface area contributed by atoms with E-state index in [9.17, 15) is 9.59 Å². The summed E-state index contributed by atoms with van der Waals surface area (Å²) >= 11 is 0. The molecule has 4 saturated carbocycles. The van der Waals surface area contributed by atoms with Crippen LogP contribution in [0.5, 0.6) is 5.75 Å². The van der Waals surface area contributed by atoms with Gasteiger partial charge in [-0.3, -0.25) is 9.59 Å². The molecule has 2 N–H and O–H groups in total. The first-order valence-electron chi connectivity index (χ1n) is 9.24. The van der Waals surface area contributed by atoms with Crippen molar-refractivity contribution in [2.24, 2.45) is 23.2 Å². The van der Waals surface area contributed by atoms with Gasteiger partial charge in [0.05, 0.1) is 18.2 Å². The SMILES string of the molecule is COc1ccc(NC(C)=O)cc1NC(=O)C12CC3CC(CC(C3)C1)C2. The number of carbonyl (C=O) groups is 2. The molecule has 25 heavy (non-hydrogen) atoms. The lowest BCUT2D eigenvalue weighted by Crippen LogP contribution is -2.51. The van der Waals surface area contributed by atoms with E-state index in [1.165, 1.54) is 26.2 Å². The molecular weight excluding hydrogens is 316 g/mol. The van der Waals surface area contributed by atoms with Gasteiger partial charge >= 0.3 is 0 Å². The molecular formula is C20H26N2O3. The number of benzene rings is 1. The fraction of sp³-hybridized carbons (Fsp3) is 0.600. The number of ether oxygens (including phenoxy) is 1. The molecule has 5 heteroatoms. The van der Waals surface area contributed by atoms with Crippen molar-refractivity contribution >= 4 is 23.2 Å². The zero-order valence-electron chi connectivity index (χ0n) is 14.9. The van der Waals surface area contributed by atoms with Crippen LogP contribution < -0.4 is 15.4 Å². The molecule has 0 saturated heterocycles. The normalized spacial score (nSPS) is 32.3. The summed E-state index contributed by atoms with van der Waals surface area (Å²) in [6.45, 7) is 1.47. The highest BCUT2D eigenvalue weighted by Gasteiger charge is 2.54. The van der Waals surface area contributed by atoms with Crippen LogP contribution in [0.1, 0.15) is 45.4 Å². The number of rotatable bonds is 4. The summed E-state index contributed by atoms with van der Waals surface area (Å²) in [6.07, 6.45) is 7.02. The highest BCUT2D eigenvalue weighted by Crippen LogP contribution is 2.60. The van der Waals surface area contributed by atoms with Gasteiger partial charge in [0.2, 0.25) is 11.8 Å². The molecule has 0 atom stereocenters. The molecule has 0 unspecified atom stereocenters. The van der Waals surface area contributed by atoms with Crippen LogP contribution in [0, 0.1) is 23.2 Å². The summed E-state index contributed by atoms with van der Waals surface area (Å²) in [6, 6.07) is 5.33. The van der Waals surface area contributed by atoms with Crippen molar-refractivity contribution in [1.82, 2.24) is 0 Å². The van der Waals surface area contributed by atoms with E-state index in [2.05, 4.69) is 10.6 Å². The summed E-state index contributed by atoms with van der Waals surface area (Å²) in [5, 5.41) is 5.88. The van der Waals surface area contributed by atoms with Crippen molar-refractivity contribution in [3.8, 4) is 5.75 Å². The van der Waals surface area contributed by atoms with Crippen molar-refractivity contribution in [2.45, 2.75) is 45.4 Å². The summed E-state index contributed by atoms with van der Waals surface area (Å²) in [5.41, 5.74) is 1.09. The standard InChI is InChI=1S/C20H26N2O3/c1-12(23)21-16-3-4-18(25-2)17(8-16)22-19(24)20-9-13-5-14(10-20)7-15(6-13)11-20/h3-4,8,13-15H,5-7,9-11H2,1-2H3,(H,21,23)(H,22,24). The van der Waals surface area contributed by atoms with Gasteiger partial charge in [-0.2, -0.15) is 0 Å². The maximum atomic E-state index is 13.2. The van der Waals surface area contributed by atoms with E-state index in [1.54, 1.807) is 25.3 Å². The van der Waals surface area contributed by atoms with Crippen LogP contribution in [-0.2, 0) is 9.59 Å². The van der Waals surface area contributed by atoms with Crippen molar-refractivity contribution in [3.05, 3.63) is 18.2 Å². The topological polar surface area (TPSA) is 67.4 Å². The van der Waals surface area contributed by atoms with Crippen molar-refractivity contribution in [2.75, 3.05) is 17.7 Å². The van der Waals surface area contributed by atoms with E-state index in [-0.39, 0.29) is 17.2 Å². The molecule has 0 aromatic heterocycles. The Hall–Kier alpha value is -2.04. The minimum atomic E-state index is -0.205. The molecule has 1 aromatic rings. The van der Waals surface area contributed by atoms with Gasteiger partial charge in [-0.15, -0.1) is 0 Å². The predicted octanol–water partition coefficient (Wildman–Crippen LogP) is 3.81. The second-order valence-electron chi connectivity index (χ2n) is 8.25. The maximum Gasteiger partial charge on any atom is 0.230 e. The van der Waals surface area contributed by atoms with Gasteiger partial charge in [0.15, 0.2) is 0 Å². The van der Waals surface area contributed by atoms with Crippen molar-refractivity contribution < 1.29 is 14.3 Å². The van der Waals surface area contributed by atoms with E-state index in [0.29, 0.717) is 17.1 Å². The average molecular weight is 342 g/mol. The molecule has 0 heterocycles. The Morgan fingerprint density at radius 1 is 1.04 bits per heavy atom. The number of carbonyl (C=O) groups excluding carboxylic acids is 2. The minimum Gasteiger partial charge on any atom is -0.495 e. The van der Waals surface area contributed by atoms with Crippen LogP contribution in [0.15, 0.2) is 18.2 Å². The van der Waals surface area contributed by atoms with Gasteiger partial charge in [0.25, 0.3) is 0 Å². The molecule has 0 aliphatic heterocycles. The lowest BCUT2D eigenvalue weighted by atomic mass is 9.49. The van der Waals surface area contributed by atoms with E-state index in [1.807, 2.05) is 0 Å². The highest BCUT2D eigenvalue weighted by molar-refractivity contribution is 5.98. The third kappa shape index (κ3) is 3.00. The Kier molecular flexibility index (Phi) is 3.97. The first-order chi connectivity index (χ1) is 12.0. The van der Waals surface area contributed by atoms with E-state index in [0.717, 1.165) is 37.0 Å². The lowest BCUT2D eigenvalue weighted by Gasteiger charge is -2.55. The van der Waals surface area contributed by atoms with Gasteiger partial charge in [0.1, 0.15) is 5.75 Å². The number of amides is 2. The van der Waals surface area contributed by atoms with Crippen LogP contribution in [0.4, 0.5) is 11.4 Å². The third-order valence-electron chi connectivity index (χ3n) is 6.29. The zero-order valence-corrected chi connectivity index (χ0v) is 14.9. The van der Waals surface area contributed by atoms with Gasteiger partial charge in [-0.1, -0.05) is 0 Å². The van der Waals surface area contributed by atoms with Crippen LogP contribution >= 0.6 is 0 Å². The van der Waals surface area contributed by atoms with Gasteiger partial charge in [0, 0.05) is 12.6 Å². The molecule has 134 valence electrons. The summed E-state index contributed by atoms with van der Waals surface area (Å²) in [7, 11) is 1.59. The monoisotopic (exact) mass is 342 g/mol. The Labute approximate surface area is 148 Å². The molecule has 0 spiro atoms. The van der Waals surface area contributed by atoms with Crippen LogP contribution in [-0.4, -0.2) is 18.9 Å². The average Bonchev–Trinajstić information content (AvgIpc) is 2.53. The fourth-order valence-electron chi connectivity index (χ4n) is 5.73. The van der Waals surface area contributed by atoms with E-state index >= 15 is 0 Å². The molecule has 1 aromatic carbocycles. The fourth-order valence-corrected chi connectivity index (χ4v) is 5.73. The van der Waals surface area contributed by atoms with Gasteiger partial charge < -0.3 is 15.4 Å². The quantitative estimate of drug-likeness (QED) is 0.874. The molecule has 5 rings (SSSR count). The summed E-state index contributed by atoms with van der Waals surface area (Å²) < 4.78 is 5.40. The molecule has 5 nitrogen and oxygen atoms in total. The zero-order chi connectivity index (χ0) is 17.6. The number of anilines is 2. The summed E-state index contributed by atoms with van der Waals surface area (Å²) in [4.78, 5) is 24.5. The second-order valence-corrected chi connectivity index (χ2v) is 8.25. The third-order valence-corrected chi connectivity index (χ3v) is 6.29. The lowest BCUT2D eigenvalue weighted by molar-refractivity contribution is -0.140. The molecule has 4 aliphatic rings. The van der Waals surface area contributed by atoms with Crippen molar-refractivity contribution in [3.63, 3.8) is 0 Å². The summed E-state index contributed by atoms with van der Waals surface area (Å²) in [5.74, 6) is 2.79. The Bertz CT molecular complexity index is 678. The number of methoxy groups -OCH3 is 1. The molecule has 4 aliphatic carbocycles. The minimum absolute atomic E-state index is 0.130. The van der Waals surface area contributed by atoms with Crippen molar-refractivity contribution in [1.29, 1.82) is 0 Å². The van der Waals surface area contributed by atoms with Crippen LogP contribution in [0.3, 0.4) is 0 Å². The molecule has 0 radical (unpaired) electrons. The Morgan fingerprint density at radius 3 is 2.16 bits per heavy atom. The first kappa shape index (κ1) is 16.4. The highest BCUT2D eigenvalue weighted by atomic mass is 16.5. The van der Waals surface area contributed by atoms with E-state index < -0.39 is 0 Å². The maximum absolute atomic E-state index is 13.2. The largest absolute Gasteiger partial charge is 0.495 e. The van der Waals surface area contributed by atoms with E-state index in [4.69, 9.17) is 4.74 Å². The Morgan fingerprint density at radius 2 is 1.64 bits per heavy atom. The molecule has 2 amide bonds. The van der Waals surface area contributed by atoms with Gasteiger partial charge in [-0.25, -0.2) is 0 Å². The first-order valence-corrected chi connectivity index (χ1v) is 9.24. The number of hydrogen-bond donors (Lipinski definition) is 2. The smallest absolute Gasteiger partial charge is 0.230 e. The molecule has 4 bridgehead atoms. The number of hydrogen-bond acceptors (Lipinski definition) is 3. The van der Waals surface area contributed by atoms with Crippen LogP contribution in [0.25, 0.3) is 0 Å². The predicted molar refractivity (Wildman–Crippen MR) is 96.5 cm³/mol.